The van der Waals surface area contributed by atoms with Crippen molar-refractivity contribution in [1.82, 2.24) is 0 Å². The lowest BCUT2D eigenvalue weighted by Crippen LogP contribution is -2.19. The third-order valence-electron chi connectivity index (χ3n) is 5.91. The molecule has 32 heavy (non-hydrogen) atoms. The fraction of sp³-hybridized carbons (Fsp3) is 0.931. The molecule has 0 unspecified atom stereocenters. The highest BCUT2D eigenvalue weighted by Gasteiger charge is 2.09. The molecule has 0 spiro atoms. The van der Waals surface area contributed by atoms with E-state index >= 15 is 0 Å². The minimum Gasteiger partial charge on any atom is -0.353 e. The molecule has 0 aliphatic carbocycles. The zero-order valence-electron chi connectivity index (χ0n) is 21.7. The van der Waals surface area contributed by atoms with Crippen LogP contribution in [0.5, 0.6) is 0 Å². The second-order valence-electron chi connectivity index (χ2n) is 9.16. The Bertz CT molecular complexity index is 382. The van der Waals surface area contributed by atoms with Crippen molar-refractivity contribution in [3.63, 3.8) is 0 Å². The summed E-state index contributed by atoms with van der Waals surface area (Å²) >= 11 is 2.42. The highest BCUT2D eigenvalue weighted by Crippen LogP contribution is 2.13. The van der Waals surface area contributed by atoms with Crippen molar-refractivity contribution in [2.45, 2.75) is 155 Å². The van der Waals surface area contributed by atoms with Crippen LogP contribution in [0.1, 0.15) is 149 Å². The molecule has 2 nitrogen and oxygen atoms in total. The van der Waals surface area contributed by atoms with Crippen molar-refractivity contribution >= 4 is 22.6 Å². The molecule has 0 saturated carbocycles. The quantitative estimate of drug-likeness (QED) is 0.0362. The zero-order chi connectivity index (χ0) is 23.4. The molecule has 190 valence electrons. The van der Waals surface area contributed by atoms with Gasteiger partial charge in [-0.1, -0.05) is 120 Å². The Kier molecular flexibility index (Phi) is 29.4. The first-order valence-electron chi connectivity index (χ1n) is 14.1. The van der Waals surface area contributed by atoms with Gasteiger partial charge in [-0.05, 0) is 38.5 Å². The van der Waals surface area contributed by atoms with Crippen LogP contribution in [0.15, 0.2) is 0 Å². The molecule has 0 N–H and O–H groups in total. The summed E-state index contributed by atoms with van der Waals surface area (Å²) in [5.74, 6) is 6.62. The molecule has 3 heteroatoms. The van der Waals surface area contributed by atoms with Gasteiger partial charge in [0.1, 0.15) is 0 Å². The SMILES string of the molecule is CCCCCCCCCOC(CCCCCC#CCCCI)OCCCCCCCCC. The van der Waals surface area contributed by atoms with Crippen LogP contribution in [-0.4, -0.2) is 23.9 Å². The summed E-state index contributed by atoms with van der Waals surface area (Å²) in [5.41, 5.74) is 0. The molecular formula is C29H55IO2. The van der Waals surface area contributed by atoms with E-state index in [9.17, 15) is 0 Å². The molecule has 0 aliphatic heterocycles. The van der Waals surface area contributed by atoms with E-state index in [0.29, 0.717) is 0 Å². The maximum Gasteiger partial charge on any atom is 0.157 e. The van der Waals surface area contributed by atoms with E-state index in [1.807, 2.05) is 0 Å². The van der Waals surface area contributed by atoms with E-state index in [0.717, 1.165) is 32.5 Å². The van der Waals surface area contributed by atoms with Crippen LogP contribution in [0.2, 0.25) is 0 Å². The molecule has 0 aromatic rings. The minimum atomic E-state index is 0.00456. The highest BCUT2D eigenvalue weighted by atomic mass is 127. The molecule has 0 amide bonds. The third kappa shape index (κ3) is 26.5. The standard InChI is InChI=1S/C29H55IO2/c1-3-5-7-9-15-19-23-27-31-29(32-28-24-20-16-10-8-6-4-2)25-21-17-13-11-12-14-18-22-26-30/h29H,3-11,13,15-28H2,1-2H3. The van der Waals surface area contributed by atoms with Gasteiger partial charge in [0.15, 0.2) is 6.29 Å². The molecule has 0 saturated heterocycles. The van der Waals surface area contributed by atoms with Crippen LogP contribution >= 0.6 is 22.6 Å². The average molecular weight is 563 g/mol. The fourth-order valence-electron chi connectivity index (χ4n) is 3.80. The Morgan fingerprint density at radius 2 is 0.969 bits per heavy atom. The predicted octanol–water partition coefficient (Wildman–Crippen LogP) is 10.0. The number of ether oxygens (including phenoxy) is 2. The first kappa shape index (κ1) is 32.2. The molecule has 0 fully saturated rings. The van der Waals surface area contributed by atoms with Gasteiger partial charge in [0.2, 0.25) is 0 Å². The van der Waals surface area contributed by atoms with Crippen molar-refractivity contribution in [1.29, 1.82) is 0 Å². The molecule has 0 rings (SSSR count). The monoisotopic (exact) mass is 562 g/mol. The first-order valence-corrected chi connectivity index (χ1v) is 15.6. The molecule has 0 aromatic carbocycles. The normalized spacial score (nSPS) is 11.1. The van der Waals surface area contributed by atoms with Crippen LogP contribution in [0.25, 0.3) is 0 Å². The summed E-state index contributed by atoms with van der Waals surface area (Å²) in [4.78, 5) is 0. The highest BCUT2D eigenvalue weighted by molar-refractivity contribution is 14.1. The van der Waals surface area contributed by atoms with Gasteiger partial charge in [0.05, 0.1) is 0 Å². The summed E-state index contributed by atoms with van der Waals surface area (Å²) in [6.07, 6.45) is 26.6. The van der Waals surface area contributed by atoms with Gasteiger partial charge in [0, 0.05) is 30.5 Å². The average Bonchev–Trinajstić information content (AvgIpc) is 2.80. The smallest absolute Gasteiger partial charge is 0.157 e. The molecule has 0 heterocycles. The largest absolute Gasteiger partial charge is 0.353 e. The molecule has 0 atom stereocenters. The van der Waals surface area contributed by atoms with Crippen molar-refractivity contribution < 1.29 is 9.47 Å². The molecule has 0 radical (unpaired) electrons. The van der Waals surface area contributed by atoms with Crippen LogP contribution in [0.3, 0.4) is 0 Å². The summed E-state index contributed by atoms with van der Waals surface area (Å²) in [5, 5.41) is 0. The summed E-state index contributed by atoms with van der Waals surface area (Å²) in [7, 11) is 0. The van der Waals surface area contributed by atoms with Gasteiger partial charge < -0.3 is 9.47 Å². The predicted molar refractivity (Wildman–Crippen MR) is 151 cm³/mol. The summed E-state index contributed by atoms with van der Waals surface area (Å²) in [6, 6.07) is 0. The van der Waals surface area contributed by atoms with Crippen LogP contribution in [-0.2, 0) is 9.47 Å². The Morgan fingerprint density at radius 1 is 0.531 bits per heavy atom. The topological polar surface area (TPSA) is 18.5 Å². The lowest BCUT2D eigenvalue weighted by molar-refractivity contribution is -0.148. The molecule has 0 bridgehead atoms. The number of hydrogen-bond donors (Lipinski definition) is 0. The number of halogens is 1. The maximum absolute atomic E-state index is 6.15. The number of hydrogen-bond acceptors (Lipinski definition) is 2. The van der Waals surface area contributed by atoms with Crippen molar-refractivity contribution in [3.8, 4) is 11.8 Å². The fourth-order valence-corrected chi connectivity index (χ4v) is 4.18. The minimum absolute atomic E-state index is 0.00456. The van der Waals surface area contributed by atoms with E-state index in [2.05, 4.69) is 48.3 Å². The van der Waals surface area contributed by atoms with Crippen molar-refractivity contribution in [2.24, 2.45) is 0 Å². The Morgan fingerprint density at radius 3 is 1.47 bits per heavy atom. The Labute approximate surface area is 215 Å². The van der Waals surface area contributed by atoms with E-state index < -0.39 is 0 Å². The number of unbranched alkanes of at least 4 members (excludes halogenated alkanes) is 16. The third-order valence-corrected chi connectivity index (χ3v) is 6.67. The van der Waals surface area contributed by atoms with E-state index in [4.69, 9.17) is 9.47 Å². The zero-order valence-corrected chi connectivity index (χ0v) is 23.9. The van der Waals surface area contributed by atoms with Crippen LogP contribution in [0, 0.1) is 11.8 Å². The summed E-state index contributed by atoms with van der Waals surface area (Å²) in [6.45, 7) is 6.28. The van der Waals surface area contributed by atoms with Crippen molar-refractivity contribution in [2.75, 3.05) is 17.6 Å². The number of rotatable bonds is 25. The second kappa shape index (κ2) is 29.2. The summed E-state index contributed by atoms with van der Waals surface area (Å²) < 4.78 is 13.5. The number of alkyl halides is 1. The van der Waals surface area contributed by atoms with E-state index in [1.54, 1.807) is 0 Å². The first-order chi connectivity index (χ1) is 15.8. The van der Waals surface area contributed by atoms with Gasteiger partial charge in [0.25, 0.3) is 0 Å². The van der Waals surface area contributed by atoms with Crippen molar-refractivity contribution in [3.05, 3.63) is 0 Å². The van der Waals surface area contributed by atoms with Gasteiger partial charge in [-0.2, -0.15) is 0 Å². The Balaban J connectivity index is 3.90. The van der Waals surface area contributed by atoms with Gasteiger partial charge in [-0.3, -0.25) is 0 Å². The lowest BCUT2D eigenvalue weighted by atomic mass is 10.1. The lowest BCUT2D eigenvalue weighted by Gasteiger charge is -2.19. The van der Waals surface area contributed by atoms with E-state index in [1.165, 1.54) is 120 Å². The second-order valence-corrected chi connectivity index (χ2v) is 10.2. The van der Waals surface area contributed by atoms with E-state index in [-0.39, 0.29) is 6.29 Å². The van der Waals surface area contributed by atoms with Gasteiger partial charge in [-0.25, -0.2) is 0 Å². The Hall–Kier alpha value is 0.210. The molecule has 0 aromatic heterocycles. The maximum atomic E-state index is 6.15. The molecule has 0 aliphatic rings. The van der Waals surface area contributed by atoms with Crippen LogP contribution < -0.4 is 0 Å². The molecular weight excluding hydrogens is 507 g/mol. The van der Waals surface area contributed by atoms with Gasteiger partial charge >= 0.3 is 0 Å². The van der Waals surface area contributed by atoms with Crippen LogP contribution in [0.4, 0.5) is 0 Å². The van der Waals surface area contributed by atoms with Gasteiger partial charge in [-0.15, -0.1) is 11.8 Å².